The van der Waals surface area contributed by atoms with Gasteiger partial charge < -0.3 is 19.9 Å². The first kappa shape index (κ1) is 36.2. The van der Waals surface area contributed by atoms with Crippen molar-refractivity contribution in [2.24, 2.45) is 17.8 Å². The molecule has 1 unspecified atom stereocenters. The summed E-state index contributed by atoms with van der Waals surface area (Å²) >= 11 is 0. The van der Waals surface area contributed by atoms with Crippen LogP contribution in [-0.4, -0.2) is 102 Å². The van der Waals surface area contributed by atoms with Crippen LogP contribution in [0.3, 0.4) is 0 Å². The molecule has 1 aliphatic heterocycles. The molecule has 3 atom stereocenters. The van der Waals surface area contributed by atoms with Gasteiger partial charge in [-0.3, -0.25) is 29.3 Å². The number of likely N-dealkylation sites (N-methyl/N-ethyl adjacent to an activating group) is 2. The van der Waals surface area contributed by atoms with Gasteiger partial charge in [-0.1, -0.05) is 44.2 Å². The number of nitrogens with one attached hydrogen (secondary N) is 2. The first-order valence-electron chi connectivity index (χ1n) is 15.5. The zero-order valence-corrected chi connectivity index (χ0v) is 27.8. The smallest absolute Gasteiger partial charge is 0.327 e. The molecule has 12 nitrogen and oxygen atoms in total. The first-order chi connectivity index (χ1) is 21.7. The Morgan fingerprint density at radius 3 is 2.11 bits per heavy atom. The highest BCUT2D eigenvalue weighted by Crippen LogP contribution is 2.30. The third-order valence-electron chi connectivity index (χ3n) is 8.36. The van der Waals surface area contributed by atoms with Crippen LogP contribution in [0.2, 0.25) is 0 Å². The Morgan fingerprint density at radius 2 is 1.59 bits per heavy atom. The Balaban J connectivity index is 1.92. The highest BCUT2D eigenvalue weighted by molar-refractivity contribution is 6.07. The van der Waals surface area contributed by atoms with Gasteiger partial charge in [0.25, 0.3) is 5.91 Å². The number of Topliss-reactive ketones (excluding diaryl/α,β-unsaturated/α-hetero) is 1. The molecule has 5 amide bonds. The molecule has 1 heterocycles. The molecule has 46 heavy (non-hydrogen) atoms. The molecule has 1 fully saturated rings. The van der Waals surface area contributed by atoms with E-state index in [1.807, 2.05) is 63.2 Å². The fourth-order valence-corrected chi connectivity index (χ4v) is 5.38. The van der Waals surface area contributed by atoms with Gasteiger partial charge in [0, 0.05) is 32.1 Å². The van der Waals surface area contributed by atoms with E-state index in [9.17, 15) is 29.2 Å². The van der Waals surface area contributed by atoms with Gasteiger partial charge in [0.2, 0.25) is 11.8 Å². The Labute approximate surface area is 271 Å². The van der Waals surface area contributed by atoms with Gasteiger partial charge in [-0.25, -0.2) is 10.3 Å². The van der Waals surface area contributed by atoms with Crippen LogP contribution in [0.1, 0.15) is 50.0 Å². The van der Waals surface area contributed by atoms with Gasteiger partial charge in [-0.05, 0) is 70.1 Å². The topological polar surface area (TPSA) is 149 Å². The number of nitrogens with zero attached hydrogens (tertiary/aromatic N) is 3. The zero-order valence-electron chi connectivity index (χ0n) is 27.8. The van der Waals surface area contributed by atoms with Gasteiger partial charge in [-0.15, -0.1) is 0 Å². The van der Waals surface area contributed by atoms with Crippen molar-refractivity contribution >= 4 is 29.5 Å². The van der Waals surface area contributed by atoms with E-state index in [0.29, 0.717) is 17.9 Å². The van der Waals surface area contributed by atoms with Gasteiger partial charge in [0.15, 0.2) is 5.78 Å². The van der Waals surface area contributed by atoms with Crippen molar-refractivity contribution in [2.75, 3.05) is 40.8 Å². The summed E-state index contributed by atoms with van der Waals surface area (Å²) in [7, 11) is 5.38. The second kappa shape index (κ2) is 15.8. The molecule has 12 heteroatoms. The first-order valence-corrected chi connectivity index (χ1v) is 15.5. The van der Waals surface area contributed by atoms with E-state index in [0.717, 1.165) is 17.0 Å². The molecule has 1 saturated heterocycles. The fourth-order valence-electron chi connectivity index (χ4n) is 5.38. The summed E-state index contributed by atoms with van der Waals surface area (Å²) in [6.07, 6.45) is 0.366. The van der Waals surface area contributed by atoms with E-state index < -0.39 is 53.7 Å². The molecule has 0 saturated carbocycles. The molecule has 2 aromatic carbocycles. The quantitative estimate of drug-likeness (QED) is 0.110. The van der Waals surface area contributed by atoms with Crippen LogP contribution in [0.5, 0.6) is 5.75 Å². The number of amides is 5. The monoisotopic (exact) mass is 637 g/mol. The summed E-state index contributed by atoms with van der Waals surface area (Å²) in [6, 6.07) is 14.3. The van der Waals surface area contributed by atoms with Crippen LogP contribution in [0.15, 0.2) is 54.6 Å². The predicted molar refractivity (Wildman–Crippen MR) is 172 cm³/mol. The van der Waals surface area contributed by atoms with Crippen molar-refractivity contribution < 1.29 is 33.9 Å². The summed E-state index contributed by atoms with van der Waals surface area (Å²) in [5, 5.41) is 12.5. The van der Waals surface area contributed by atoms with Crippen molar-refractivity contribution in [3.8, 4) is 5.75 Å². The van der Waals surface area contributed by atoms with Crippen molar-refractivity contribution in [1.29, 1.82) is 0 Å². The number of carbonyl (C=O) groups excluding carboxylic acids is 5. The maximum absolute atomic E-state index is 14.1. The zero-order chi connectivity index (χ0) is 34.2. The highest BCUT2D eigenvalue weighted by atomic mass is 16.5. The lowest BCUT2D eigenvalue weighted by Gasteiger charge is -2.30. The number of hydroxylamine groups is 1. The van der Waals surface area contributed by atoms with Gasteiger partial charge in [-0.2, -0.15) is 0 Å². The molecule has 0 radical (unpaired) electrons. The van der Waals surface area contributed by atoms with Crippen molar-refractivity contribution in [3.05, 3.63) is 65.7 Å². The van der Waals surface area contributed by atoms with Crippen molar-refractivity contribution in [2.45, 2.75) is 52.1 Å². The third kappa shape index (κ3) is 8.91. The Bertz CT molecular complexity index is 1380. The number of imide groups is 1. The normalized spacial score (nSPS) is 16.4. The molecule has 0 aliphatic carbocycles. The molecule has 3 N–H and O–H groups in total. The van der Waals surface area contributed by atoms with Crippen LogP contribution in [0.4, 0.5) is 4.79 Å². The molecule has 0 bridgehead atoms. The van der Waals surface area contributed by atoms with E-state index in [1.54, 1.807) is 43.6 Å². The Morgan fingerprint density at radius 1 is 0.957 bits per heavy atom. The minimum Gasteiger partial charge on any atom is -0.492 e. The molecule has 250 valence electrons. The van der Waals surface area contributed by atoms with Gasteiger partial charge >= 0.3 is 6.03 Å². The Hall–Kier alpha value is -4.29. The van der Waals surface area contributed by atoms with Crippen molar-refractivity contribution in [3.63, 3.8) is 0 Å². The van der Waals surface area contributed by atoms with E-state index >= 15 is 0 Å². The highest BCUT2D eigenvalue weighted by Gasteiger charge is 2.51. The standard InChI is InChI=1S/C34H47N5O7/c1-22(2)19-26(27(31(42)36-45)21-39-32(43)34(3,4)38(7)33(39)44)30(41)35-28(20-23-11-9-8-10-12-23)29(40)24-13-15-25(16-14-24)46-18-17-37(5)6/h8-16,22,26-28,45H,17-21H2,1-7H3,(H,35,41)(H,36,42)/t26-,27?,28+/m1/s1. The third-order valence-corrected chi connectivity index (χ3v) is 8.36. The number of benzene rings is 2. The maximum Gasteiger partial charge on any atom is 0.327 e. The van der Waals surface area contributed by atoms with E-state index in [-0.39, 0.29) is 24.5 Å². The lowest BCUT2D eigenvalue weighted by molar-refractivity contribution is -0.143. The molecule has 3 rings (SSSR count). The molecule has 0 aromatic heterocycles. The van der Waals surface area contributed by atoms with Crippen LogP contribution < -0.4 is 15.5 Å². The maximum atomic E-state index is 14.1. The molecular weight excluding hydrogens is 590 g/mol. The van der Waals surface area contributed by atoms with E-state index in [1.165, 1.54) is 11.9 Å². The molecule has 0 spiro atoms. The number of rotatable bonds is 16. The van der Waals surface area contributed by atoms with E-state index in [4.69, 9.17) is 4.74 Å². The lowest BCUT2D eigenvalue weighted by Crippen LogP contribution is -2.52. The summed E-state index contributed by atoms with van der Waals surface area (Å²) in [5.41, 5.74) is 1.65. The lowest BCUT2D eigenvalue weighted by atomic mass is 9.83. The minimum absolute atomic E-state index is 0.0860. The largest absolute Gasteiger partial charge is 0.492 e. The summed E-state index contributed by atoms with van der Waals surface area (Å²) < 4.78 is 5.75. The van der Waals surface area contributed by atoms with Crippen molar-refractivity contribution in [1.82, 2.24) is 25.5 Å². The van der Waals surface area contributed by atoms with Gasteiger partial charge in [0.05, 0.1) is 17.9 Å². The summed E-state index contributed by atoms with van der Waals surface area (Å²) in [6.45, 7) is 7.71. The number of hydrogen-bond acceptors (Lipinski definition) is 8. The van der Waals surface area contributed by atoms with Crippen LogP contribution in [-0.2, 0) is 20.8 Å². The number of ether oxygens (including phenoxy) is 1. The van der Waals surface area contributed by atoms with E-state index in [2.05, 4.69) is 5.32 Å². The number of hydrogen-bond donors (Lipinski definition) is 3. The molecule has 1 aliphatic rings. The Kier molecular flexibility index (Phi) is 12.4. The predicted octanol–water partition coefficient (Wildman–Crippen LogP) is 2.99. The van der Waals surface area contributed by atoms with Crippen LogP contribution in [0.25, 0.3) is 0 Å². The molecular formula is C34H47N5O7. The van der Waals surface area contributed by atoms with Crippen LogP contribution >= 0.6 is 0 Å². The summed E-state index contributed by atoms with van der Waals surface area (Å²) in [4.78, 5) is 71.4. The average molecular weight is 638 g/mol. The SMILES string of the molecule is CC(C)C[C@@H](C(=O)N[C@@H](Cc1ccccc1)C(=O)c1ccc(OCCN(C)C)cc1)C(CN1C(=O)N(C)C(C)(C)C1=O)C(=O)NO. The average Bonchev–Trinajstić information content (AvgIpc) is 3.16. The minimum atomic E-state index is -1.28. The molecule has 2 aromatic rings. The fraction of sp³-hybridized carbons (Fsp3) is 0.500. The summed E-state index contributed by atoms with van der Waals surface area (Å²) in [5.74, 6) is -4.22. The second-order valence-corrected chi connectivity index (χ2v) is 12.9. The number of carbonyl (C=O) groups is 5. The number of urea groups is 1. The second-order valence-electron chi connectivity index (χ2n) is 12.9. The van der Waals surface area contributed by atoms with Gasteiger partial charge in [0.1, 0.15) is 17.9 Å². The number of ketones is 1. The van der Waals surface area contributed by atoms with Crippen LogP contribution in [0, 0.1) is 17.8 Å².